The molecule has 0 aliphatic carbocycles. The molecule has 0 saturated carbocycles. The largest absolute Gasteiger partial charge is 0.352 e. The van der Waals surface area contributed by atoms with E-state index in [0.29, 0.717) is 12.1 Å². The van der Waals surface area contributed by atoms with Crippen molar-refractivity contribution in [1.29, 1.82) is 0 Å². The molecule has 7 heteroatoms. The predicted octanol–water partition coefficient (Wildman–Crippen LogP) is 2.72. The molecule has 0 atom stereocenters. The van der Waals surface area contributed by atoms with Gasteiger partial charge >= 0.3 is 0 Å². The highest BCUT2D eigenvalue weighted by atomic mass is 16.2. The van der Waals surface area contributed by atoms with Crippen molar-refractivity contribution in [2.45, 2.75) is 25.7 Å². The van der Waals surface area contributed by atoms with E-state index in [0.717, 1.165) is 48.1 Å². The van der Waals surface area contributed by atoms with Gasteiger partial charge in [0.05, 0.1) is 11.1 Å². The average molecular weight is 389 g/mol. The molecular weight excluding hydrogens is 366 g/mol. The summed E-state index contributed by atoms with van der Waals surface area (Å²) in [7, 11) is 1.71. The van der Waals surface area contributed by atoms with Crippen LogP contribution >= 0.6 is 0 Å². The highest BCUT2D eigenvalue weighted by Crippen LogP contribution is 2.16. The predicted molar refractivity (Wildman–Crippen MR) is 112 cm³/mol. The Bertz CT molecular complexity index is 1220. The lowest BCUT2D eigenvalue weighted by Gasteiger charge is -2.10. The number of nitrogens with one attached hydrogen (secondary N) is 1. The van der Waals surface area contributed by atoms with Gasteiger partial charge in [0.25, 0.3) is 11.5 Å². The number of carbonyl (C=O) groups excluding carboxylic acids is 1. The van der Waals surface area contributed by atoms with Gasteiger partial charge in [-0.3, -0.25) is 14.0 Å². The Kier molecular flexibility index (Phi) is 5.37. The molecule has 7 nitrogen and oxygen atoms in total. The van der Waals surface area contributed by atoms with Crippen LogP contribution in [0.1, 0.15) is 35.4 Å². The molecule has 29 heavy (non-hydrogen) atoms. The van der Waals surface area contributed by atoms with Crippen molar-refractivity contribution in [3.8, 4) is 0 Å². The van der Waals surface area contributed by atoms with Crippen LogP contribution in [0.25, 0.3) is 16.6 Å². The number of pyridine rings is 2. The molecule has 1 N–H and O–H groups in total. The normalized spacial score (nSPS) is 11.2. The Labute approximate surface area is 168 Å². The van der Waals surface area contributed by atoms with Crippen LogP contribution in [0.3, 0.4) is 0 Å². The lowest BCUT2D eigenvalue weighted by molar-refractivity contribution is 0.0954. The summed E-state index contributed by atoms with van der Waals surface area (Å²) in [6.45, 7) is 0.572. The number of rotatable bonds is 7. The Morgan fingerprint density at radius 3 is 2.76 bits per heavy atom. The first-order valence-electron chi connectivity index (χ1n) is 9.81. The fourth-order valence-corrected chi connectivity index (χ4v) is 3.54. The lowest BCUT2D eigenvalue weighted by atomic mass is 10.1. The minimum Gasteiger partial charge on any atom is -0.352 e. The second-order valence-electron chi connectivity index (χ2n) is 7.08. The van der Waals surface area contributed by atoms with Gasteiger partial charge in [-0.25, -0.2) is 0 Å². The molecule has 0 aliphatic heterocycles. The van der Waals surface area contributed by atoms with Gasteiger partial charge in [0.2, 0.25) is 0 Å². The Morgan fingerprint density at radius 1 is 1.03 bits per heavy atom. The second kappa shape index (κ2) is 8.26. The third-order valence-electron chi connectivity index (χ3n) is 5.15. The summed E-state index contributed by atoms with van der Waals surface area (Å²) >= 11 is 0. The van der Waals surface area contributed by atoms with Crippen LogP contribution in [-0.2, 0) is 13.5 Å². The number of amides is 1. The van der Waals surface area contributed by atoms with Crippen LogP contribution in [-0.4, -0.2) is 31.6 Å². The molecule has 4 rings (SSSR count). The number of carbonyl (C=O) groups is 1. The standard InChI is InChI=1S/C22H23N5O2/c1-26-18-10-5-4-9-16(18)17(15-21(26)28)22(29)23-13-7-2-3-11-19-24-25-20-12-6-8-14-27(19)20/h4-6,8-10,12,14-15H,2-3,7,11,13H2,1H3,(H,23,29). The maximum atomic E-state index is 12.6. The maximum absolute atomic E-state index is 12.6. The van der Waals surface area contributed by atoms with Gasteiger partial charge in [-0.1, -0.05) is 30.7 Å². The van der Waals surface area contributed by atoms with Crippen LogP contribution in [0.4, 0.5) is 0 Å². The van der Waals surface area contributed by atoms with Gasteiger partial charge in [-0.15, -0.1) is 10.2 Å². The SMILES string of the molecule is Cn1c(=O)cc(C(=O)NCCCCCc2nnc3ccccn23)c2ccccc21. The van der Waals surface area contributed by atoms with Crippen LogP contribution in [0.15, 0.2) is 59.5 Å². The van der Waals surface area contributed by atoms with Crippen molar-refractivity contribution < 1.29 is 4.79 Å². The minimum atomic E-state index is -0.206. The van der Waals surface area contributed by atoms with E-state index >= 15 is 0 Å². The third kappa shape index (κ3) is 3.89. The van der Waals surface area contributed by atoms with E-state index < -0.39 is 0 Å². The zero-order valence-corrected chi connectivity index (χ0v) is 16.3. The average Bonchev–Trinajstić information content (AvgIpc) is 3.16. The van der Waals surface area contributed by atoms with E-state index in [1.54, 1.807) is 11.6 Å². The Hall–Kier alpha value is -3.48. The zero-order valence-electron chi connectivity index (χ0n) is 16.3. The molecular formula is C22H23N5O2. The molecule has 3 heterocycles. The molecule has 0 aliphatic rings. The molecule has 1 aromatic carbocycles. The molecule has 0 bridgehead atoms. The Balaban J connectivity index is 1.30. The summed E-state index contributed by atoms with van der Waals surface area (Å²) in [6, 6.07) is 14.7. The van der Waals surface area contributed by atoms with Gasteiger partial charge in [0.15, 0.2) is 5.65 Å². The highest BCUT2D eigenvalue weighted by molar-refractivity contribution is 6.06. The maximum Gasteiger partial charge on any atom is 0.252 e. The van der Waals surface area contributed by atoms with Gasteiger partial charge < -0.3 is 9.88 Å². The number of hydrogen-bond acceptors (Lipinski definition) is 4. The van der Waals surface area contributed by atoms with Crippen molar-refractivity contribution in [3.63, 3.8) is 0 Å². The van der Waals surface area contributed by atoms with Crippen LogP contribution in [0.5, 0.6) is 0 Å². The number of unbranched alkanes of at least 4 members (excludes halogenated alkanes) is 2. The van der Waals surface area contributed by atoms with E-state index in [9.17, 15) is 9.59 Å². The minimum absolute atomic E-state index is 0.186. The molecule has 1 amide bonds. The zero-order chi connectivity index (χ0) is 20.2. The van der Waals surface area contributed by atoms with Crippen molar-refractivity contribution >= 4 is 22.5 Å². The number of benzene rings is 1. The third-order valence-corrected chi connectivity index (χ3v) is 5.15. The Morgan fingerprint density at radius 2 is 1.86 bits per heavy atom. The fraction of sp³-hybridized carbons (Fsp3) is 0.273. The van der Waals surface area contributed by atoms with Crippen LogP contribution in [0.2, 0.25) is 0 Å². The van der Waals surface area contributed by atoms with Crippen molar-refractivity contribution in [2.24, 2.45) is 7.05 Å². The molecule has 4 aromatic rings. The first-order valence-corrected chi connectivity index (χ1v) is 9.81. The molecule has 0 unspecified atom stereocenters. The molecule has 0 radical (unpaired) electrons. The summed E-state index contributed by atoms with van der Waals surface area (Å²) in [4.78, 5) is 24.8. The van der Waals surface area contributed by atoms with Gasteiger partial charge in [0, 0.05) is 37.7 Å². The molecule has 0 fully saturated rings. The van der Waals surface area contributed by atoms with Gasteiger partial charge in [0.1, 0.15) is 5.82 Å². The van der Waals surface area contributed by atoms with E-state index in [2.05, 4.69) is 15.5 Å². The van der Waals surface area contributed by atoms with Crippen LogP contribution < -0.4 is 10.9 Å². The van der Waals surface area contributed by atoms with Crippen molar-refractivity contribution in [2.75, 3.05) is 6.54 Å². The molecule has 3 aromatic heterocycles. The van der Waals surface area contributed by atoms with E-state index in [-0.39, 0.29) is 11.5 Å². The number of para-hydroxylation sites is 1. The topological polar surface area (TPSA) is 81.3 Å². The smallest absolute Gasteiger partial charge is 0.252 e. The van der Waals surface area contributed by atoms with Gasteiger partial charge in [-0.05, 0) is 31.0 Å². The van der Waals surface area contributed by atoms with Gasteiger partial charge in [-0.2, -0.15) is 0 Å². The monoisotopic (exact) mass is 389 g/mol. The number of aryl methyl sites for hydroxylation is 2. The second-order valence-corrected chi connectivity index (χ2v) is 7.08. The summed E-state index contributed by atoms with van der Waals surface area (Å²) < 4.78 is 3.56. The summed E-state index contributed by atoms with van der Waals surface area (Å²) in [5.74, 6) is 0.749. The number of hydrogen-bond donors (Lipinski definition) is 1. The summed E-state index contributed by atoms with van der Waals surface area (Å²) in [6.07, 6.45) is 5.63. The fourth-order valence-electron chi connectivity index (χ4n) is 3.54. The highest BCUT2D eigenvalue weighted by Gasteiger charge is 2.12. The van der Waals surface area contributed by atoms with E-state index in [1.165, 1.54) is 6.07 Å². The van der Waals surface area contributed by atoms with Crippen molar-refractivity contribution in [3.05, 3.63) is 76.5 Å². The molecule has 0 saturated heterocycles. The van der Waals surface area contributed by atoms with E-state index in [1.807, 2.05) is 53.1 Å². The molecule has 0 spiro atoms. The van der Waals surface area contributed by atoms with Crippen molar-refractivity contribution in [1.82, 2.24) is 24.5 Å². The first kappa shape index (κ1) is 18.9. The van der Waals surface area contributed by atoms with Crippen LogP contribution in [0, 0.1) is 0 Å². The number of aromatic nitrogens is 4. The lowest BCUT2D eigenvalue weighted by Crippen LogP contribution is -2.27. The van der Waals surface area contributed by atoms with E-state index in [4.69, 9.17) is 0 Å². The quantitative estimate of drug-likeness (QED) is 0.493. The summed E-state index contributed by atoms with van der Waals surface area (Å²) in [5, 5.41) is 12.1. The number of nitrogens with zero attached hydrogens (tertiary/aromatic N) is 4. The first-order chi connectivity index (χ1) is 14.1. The number of fused-ring (bicyclic) bond motifs is 2. The molecule has 148 valence electrons. The summed E-state index contributed by atoms with van der Waals surface area (Å²) in [5.41, 5.74) is 1.86.